The van der Waals surface area contributed by atoms with Crippen molar-refractivity contribution in [3.05, 3.63) is 18.1 Å². The summed E-state index contributed by atoms with van der Waals surface area (Å²) in [4.78, 5) is 8.52. The van der Waals surface area contributed by atoms with Gasteiger partial charge in [-0.15, -0.1) is 0 Å². The van der Waals surface area contributed by atoms with Crippen LogP contribution in [0.3, 0.4) is 0 Å². The Balaban J connectivity index is 2.35. The Hall–Kier alpha value is -1.20. The average Bonchev–Trinajstić information content (AvgIpc) is 2.36. The van der Waals surface area contributed by atoms with Crippen molar-refractivity contribution in [1.29, 1.82) is 0 Å². The standard InChI is InChI=1S/C14H25N3O2/c1-5-6-18-7-8-19-13-11-15-9-12(17-13)10-16-14(2,3)4/h9,11,16H,5-8,10H2,1-4H3. The van der Waals surface area contributed by atoms with E-state index in [2.05, 4.69) is 43.0 Å². The van der Waals surface area contributed by atoms with Crippen LogP contribution in [0, 0.1) is 0 Å². The van der Waals surface area contributed by atoms with E-state index >= 15 is 0 Å². The van der Waals surface area contributed by atoms with E-state index in [1.165, 1.54) is 0 Å². The van der Waals surface area contributed by atoms with Crippen LogP contribution in [0.5, 0.6) is 5.88 Å². The first-order valence-electron chi connectivity index (χ1n) is 6.78. The molecule has 5 nitrogen and oxygen atoms in total. The van der Waals surface area contributed by atoms with Crippen molar-refractivity contribution in [2.24, 2.45) is 0 Å². The molecular formula is C14H25N3O2. The highest BCUT2D eigenvalue weighted by atomic mass is 16.5. The highest BCUT2D eigenvalue weighted by Gasteiger charge is 2.09. The summed E-state index contributed by atoms with van der Waals surface area (Å²) < 4.78 is 10.8. The Morgan fingerprint density at radius 1 is 1.16 bits per heavy atom. The number of hydrogen-bond donors (Lipinski definition) is 1. The zero-order valence-electron chi connectivity index (χ0n) is 12.4. The van der Waals surface area contributed by atoms with Gasteiger partial charge >= 0.3 is 0 Å². The molecule has 0 saturated carbocycles. The molecule has 0 aromatic carbocycles. The molecule has 0 atom stereocenters. The van der Waals surface area contributed by atoms with Gasteiger partial charge in [0.05, 0.1) is 18.5 Å². The van der Waals surface area contributed by atoms with Gasteiger partial charge in [0.25, 0.3) is 0 Å². The van der Waals surface area contributed by atoms with Gasteiger partial charge in [-0.2, -0.15) is 0 Å². The van der Waals surface area contributed by atoms with Gasteiger partial charge in [0.1, 0.15) is 6.61 Å². The van der Waals surface area contributed by atoms with Gasteiger partial charge in [0.2, 0.25) is 5.88 Å². The van der Waals surface area contributed by atoms with Crippen LogP contribution in [0.15, 0.2) is 12.4 Å². The van der Waals surface area contributed by atoms with Crippen molar-refractivity contribution in [3.63, 3.8) is 0 Å². The Bertz CT molecular complexity index is 364. The van der Waals surface area contributed by atoms with Crippen molar-refractivity contribution in [3.8, 4) is 5.88 Å². The van der Waals surface area contributed by atoms with Crippen molar-refractivity contribution in [2.75, 3.05) is 19.8 Å². The van der Waals surface area contributed by atoms with Crippen LogP contribution in [0.1, 0.15) is 39.8 Å². The Morgan fingerprint density at radius 2 is 1.95 bits per heavy atom. The summed E-state index contributed by atoms with van der Waals surface area (Å²) in [6.07, 6.45) is 4.40. The average molecular weight is 267 g/mol. The summed E-state index contributed by atoms with van der Waals surface area (Å²) in [6.45, 7) is 11.0. The lowest BCUT2D eigenvalue weighted by molar-refractivity contribution is 0.0987. The zero-order chi connectivity index (χ0) is 14.1. The maximum atomic E-state index is 5.50. The lowest BCUT2D eigenvalue weighted by Gasteiger charge is -2.20. The van der Waals surface area contributed by atoms with Gasteiger partial charge in [-0.1, -0.05) is 6.92 Å². The van der Waals surface area contributed by atoms with Crippen LogP contribution in [-0.2, 0) is 11.3 Å². The first kappa shape index (κ1) is 15.9. The maximum Gasteiger partial charge on any atom is 0.232 e. The Labute approximate surface area is 115 Å². The van der Waals surface area contributed by atoms with Crippen LogP contribution in [0.4, 0.5) is 0 Å². The van der Waals surface area contributed by atoms with E-state index < -0.39 is 0 Å². The predicted molar refractivity (Wildman–Crippen MR) is 75.2 cm³/mol. The van der Waals surface area contributed by atoms with Crippen molar-refractivity contribution in [2.45, 2.75) is 46.2 Å². The molecule has 0 aliphatic rings. The SMILES string of the molecule is CCCOCCOc1cncc(CNC(C)(C)C)n1. The number of aromatic nitrogens is 2. The second-order valence-electron chi connectivity index (χ2n) is 5.41. The molecule has 0 aliphatic carbocycles. The largest absolute Gasteiger partial charge is 0.474 e. The molecular weight excluding hydrogens is 242 g/mol. The van der Waals surface area contributed by atoms with Crippen LogP contribution in [-0.4, -0.2) is 35.3 Å². The molecule has 19 heavy (non-hydrogen) atoms. The molecule has 1 rings (SSSR count). The minimum Gasteiger partial charge on any atom is -0.474 e. The zero-order valence-corrected chi connectivity index (χ0v) is 12.4. The van der Waals surface area contributed by atoms with E-state index in [4.69, 9.17) is 9.47 Å². The Morgan fingerprint density at radius 3 is 2.63 bits per heavy atom. The second-order valence-corrected chi connectivity index (χ2v) is 5.41. The summed E-state index contributed by atoms with van der Waals surface area (Å²) in [5.74, 6) is 0.549. The van der Waals surface area contributed by atoms with E-state index in [0.717, 1.165) is 18.7 Å². The van der Waals surface area contributed by atoms with Crippen LogP contribution >= 0.6 is 0 Å². The molecule has 0 bridgehead atoms. The van der Waals surface area contributed by atoms with E-state index in [0.29, 0.717) is 25.6 Å². The van der Waals surface area contributed by atoms with Gasteiger partial charge in [-0.3, -0.25) is 4.98 Å². The quantitative estimate of drug-likeness (QED) is 0.732. The molecule has 0 fully saturated rings. The van der Waals surface area contributed by atoms with Gasteiger partial charge in [-0.25, -0.2) is 4.98 Å². The molecule has 1 aromatic heterocycles. The lowest BCUT2D eigenvalue weighted by atomic mass is 10.1. The van der Waals surface area contributed by atoms with Crippen LogP contribution in [0.2, 0.25) is 0 Å². The molecule has 0 aliphatic heterocycles. The number of nitrogens with zero attached hydrogens (tertiary/aromatic N) is 2. The smallest absolute Gasteiger partial charge is 0.232 e. The third-order valence-electron chi connectivity index (χ3n) is 2.29. The predicted octanol–water partition coefficient (Wildman–Crippen LogP) is 2.17. The number of nitrogens with one attached hydrogen (secondary N) is 1. The molecule has 1 aromatic rings. The molecule has 0 radical (unpaired) electrons. The first-order valence-corrected chi connectivity index (χ1v) is 6.78. The number of rotatable bonds is 8. The topological polar surface area (TPSA) is 56.3 Å². The summed E-state index contributed by atoms with van der Waals surface area (Å²) in [6, 6.07) is 0. The summed E-state index contributed by atoms with van der Waals surface area (Å²) >= 11 is 0. The van der Waals surface area contributed by atoms with Gasteiger partial charge in [-0.05, 0) is 27.2 Å². The number of hydrogen-bond acceptors (Lipinski definition) is 5. The fraction of sp³-hybridized carbons (Fsp3) is 0.714. The first-order chi connectivity index (χ1) is 9.01. The van der Waals surface area contributed by atoms with Gasteiger partial charge < -0.3 is 14.8 Å². The van der Waals surface area contributed by atoms with Gasteiger partial charge in [0.15, 0.2) is 0 Å². The second kappa shape index (κ2) is 8.07. The molecule has 0 amide bonds. The third-order valence-corrected chi connectivity index (χ3v) is 2.29. The Kier molecular flexibility index (Phi) is 6.73. The van der Waals surface area contributed by atoms with Crippen molar-refractivity contribution >= 4 is 0 Å². The van der Waals surface area contributed by atoms with E-state index in [1.54, 1.807) is 12.4 Å². The summed E-state index contributed by atoms with van der Waals surface area (Å²) in [5.41, 5.74) is 0.939. The van der Waals surface area contributed by atoms with Crippen LogP contribution < -0.4 is 10.1 Å². The molecule has 0 saturated heterocycles. The molecule has 108 valence electrons. The fourth-order valence-electron chi connectivity index (χ4n) is 1.35. The van der Waals surface area contributed by atoms with E-state index in [9.17, 15) is 0 Å². The minimum atomic E-state index is 0.0620. The highest BCUT2D eigenvalue weighted by Crippen LogP contribution is 2.07. The highest BCUT2D eigenvalue weighted by molar-refractivity contribution is 5.08. The summed E-state index contributed by atoms with van der Waals surface area (Å²) in [5, 5.41) is 3.37. The third kappa shape index (κ3) is 7.74. The molecule has 5 heteroatoms. The van der Waals surface area contributed by atoms with Gasteiger partial charge in [0, 0.05) is 24.9 Å². The van der Waals surface area contributed by atoms with Crippen molar-refractivity contribution < 1.29 is 9.47 Å². The molecule has 0 unspecified atom stereocenters. The lowest BCUT2D eigenvalue weighted by Crippen LogP contribution is -2.35. The van der Waals surface area contributed by atoms with E-state index in [1.807, 2.05) is 0 Å². The minimum absolute atomic E-state index is 0.0620. The molecule has 1 heterocycles. The normalized spacial score (nSPS) is 11.6. The fourth-order valence-corrected chi connectivity index (χ4v) is 1.35. The number of ether oxygens (including phenoxy) is 2. The van der Waals surface area contributed by atoms with Crippen LogP contribution in [0.25, 0.3) is 0 Å². The molecule has 1 N–H and O–H groups in total. The van der Waals surface area contributed by atoms with Crippen molar-refractivity contribution in [1.82, 2.24) is 15.3 Å². The maximum absolute atomic E-state index is 5.50. The summed E-state index contributed by atoms with van der Waals surface area (Å²) in [7, 11) is 0. The molecule has 0 spiro atoms. The van der Waals surface area contributed by atoms with E-state index in [-0.39, 0.29) is 5.54 Å². The monoisotopic (exact) mass is 267 g/mol.